The molecule has 0 radical (unpaired) electrons. The summed E-state index contributed by atoms with van der Waals surface area (Å²) >= 11 is 0. The molecule has 1 atom stereocenters. The summed E-state index contributed by atoms with van der Waals surface area (Å²) in [5, 5.41) is 7.08. The summed E-state index contributed by atoms with van der Waals surface area (Å²) in [5.41, 5.74) is 0. The van der Waals surface area contributed by atoms with Gasteiger partial charge in [-0.2, -0.15) is 0 Å². The van der Waals surface area contributed by atoms with Crippen LogP contribution in [0.15, 0.2) is 4.99 Å². The Morgan fingerprint density at radius 2 is 1.93 bits per heavy atom. The van der Waals surface area contributed by atoms with Crippen LogP contribution in [0.4, 0.5) is 0 Å². The fraction of sp³-hybridized carbons (Fsp3) is 0.950. The molecule has 0 aliphatic carbocycles. The molecule has 1 rings (SSSR count). The minimum absolute atomic E-state index is 0. The number of methoxy groups -OCH3 is 1. The smallest absolute Gasteiger partial charge is 0.191 e. The van der Waals surface area contributed by atoms with E-state index in [0.29, 0.717) is 6.04 Å². The van der Waals surface area contributed by atoms with E-state index >= 15 is 0 Å². The lowest BCUT2D eigenvalue weighted by Gasteiger charge is -2.32. The van der Waals surface area contributed by atoms with Gasteiger partial charge in [-0.15, -0.1) is 24.0 Å². The van der Waals surface area contributed by atoms with Gasteiger partial charge in [-0.3, -0.25) is 4.99 Å². The molecule has 1 aliphatic heterocycles. The molecule has 6 nitrogen and oxygen atoms in total. The second-order valence-electron chi connectivity index (χ2n) is 7.45. The molecule has 1 unspecified atom stereocenters. The number of rotatable bonds is 12. The Balaban J connectivity index is 0.00000676. The van der Waals surface area contributed by atoms with Gasteiger partial charge >= 0.3 is 0 Å². The van der Waals surface area contributed by atoms with Crippen molar-refractivity contribution < 1.29 is 4.74 Å². The second-order valence-corrected chi connectivity index (χ2v) is 7.45. The molecule has 0 amide bonds. The van der Waals surface area contributed by atoms with Gasteiger partial charge < -0.3 is 25.2 Å². The van der Waals surface area contributed by atoms with Crippen molar-refractivity contribution in [2.75, 3.05) is 66.6 Å². The van der Waals surface area contributed by atoms with Gasteiger partial charge in [-0.25, -0.2) is 0 Å². The molecule has 0 spiro atoms. The van der Waals surface area contributed by atoms with Crippen LogP contribution in [0.5, 0.6) is 0 Å². The maximum Gasteiger partial charge on any atom is 0.191 e. The Morgan fingerprint density at radius 3 is 2.48 bits per heavy atom. The lowest BCUT2D eigenvalue weighted by molar-refractivity contribution is 0.121. The molecule has 7 heteroatoms. The second kappa shape index (κ2) is 16.8. The van der Waals surface area contributed by atoms with Crippen LogP contribution >= 0.6 is 24.0 Å². The van der Waals surface area contributed by atoms with Crippen LogP contribution in [0.25, 0.3) is 0 Å². The minimum atomic E-state index is 0. The van der Waals surface area contributed by atoms with Gasteiger partial charge in [-0.05, 0) is 71.2 Å². The number of guanidine groups is 1. The summed E-state index contributed by atoms with van der Waals surface area (Å²) in [5.74, 6) is 1.69. The molecule has 2 N–H and O–H groups in total. The van der Waals surface area contributed by atoms with Gasteiger partial charge in [-0.1, -0.05) is 13.8 Å². The van der Waals surface area contributed by atoms with E-state index in [1.807, 2.05) is 7.05 Å². The summed E-state index contributed by atoms with van der Waals surface area (Å²) < 4.78 is 5.17. The number of aliphatic imine (C=N–C) groups is 1. The molecule has 1 aliphatic rings. The highest BCUT2D eigenvalue weighted by molar-refractivity contribution is 14.0. The zero-order valence-corrected chi connectivity index (χ0v) is 20.6. The van der Waals surface area contributed by atoms with Crippen LogP contribution < -0.4 is 10.6 Å². The topological polar surface area (TPSA) is 52.1 Å². The van der Waals surface area contributed by atoms with Gasteiger partial charge in [0.05, 0.1) is 6.61 Å². The molecule has 0 saturated carbocycles. The zero-order valence-electron chi connectivity index (χ0n) is 18.3. The van der Waals surface area contributed by atoms with E-state index in [0.717, 1.165) is 44.7 Å². The SMILES string of the molecule is CCN(CC)CCCC(C)NC(=NC)NCC1CCN(CCOC)CC1.I. The molecule has 27 heavy (non-hydrogen) atoms. The van der Waals surface area contributed by atoms with E-state index in [1.165, 1.54) is 45.3 Å². The summed E-state index contributed by atoms with van der Waals surface area (Å²) in [6.07, 6.45) is 4.92. The van der Waals surface area contributed by atoms with E-state index in [1.54, 1.807) is 7.11 Å². The van der Waals surface area contributed by atoms with E-state index < -0.39 is 0 Å². The van der Waals surface area contributed by atoms with E-state index in [4.69, 9.17) is 4.74 Å². The van der Waals surface area contributed by atoms with Crippen LogP contribution in [-0.4, -0.2) is 88.4 Å². The maximum absolute atomic E-state index is 5.17. The molecule has 162 valence electrons. The molecule has 0 bridgehead atoms. The summed E-state index contributed by atoms with van der Waals surface area (Å²) in [4.78, 5) is 9.39. The number of ether oxygens (including phenoxy) is 1. The Kier molecular flexibility index (Phi) is 16.7. The lowest BCUT2D eigenvalue weighted by atomic mass is 9.97. The summed E-state index contributed by atoms with van der Waals surface area (Å²) in [6, 6.07) is 0.452. The van der Waals surface area contributed by atoms with E-state index in [-0.39, 0.29) is 24.0 Å². The van der Waals surface area contributed by atoms with Crippen LogP contribution in [0.3, 0.4) is 0 Å². The number of piperidine rings is 1. The van der Waals surface area contributed by atoms with Crippen molar-refractivity contribution in [1.29, 1.82) is 0 Å². The highest BCUT2D eigenvalue weighted by Crippen LogP contribution is 2.15. The number of likely N-dealkylation sites (tertiary alicyclic amines) is 1. The summed E-state index contributed by atoms with van der Waals surface area (Å²) in [6.45, 7) is 15.5. The van der Waals surface area contributed by atoms with Crippen molar-refractivity contribution in [2.45, 2.75) is 52.5 Å². The largest absolute Gasteiger partial charge is 0.383 e. The standard InChI is InChI=1S/C20H43N5O.HI/c1-6-24(7-2)12-8-9-18(3)23-20(21-4)22-17-19-10-13-25(14-11-19)15-16-26-5;/h18-19H,6-17H2,1-5H3,(H2,21,22,23);1H. The van der Waals surface area contributed by atoms with Crippen molar-refractivity contribution in [2.24, 2.45) is 10.9 Å². The average molecular weight is 498 g/mol. The minimum Gasteiger partial charge on any atom is -0.383 e. The van der Waals surface area contributed by atoms with Gasteiger partial charge in [0, 0.05) is 33.3 Å². The van der Waals surface area contributed by atoms with E-state index in [2.05, 4.69) is 46.2 Å². The van der Waals surface area contributed by atoms with Crippen molar-refractivity contribution in [3.63, 3.8) is 0 Å². The number of hydrogen-bond donors (Lipinski definition) is 2. The molecule has 0 aromatic carbocycles. The molecule has 0 aromatic rings. The predicted molar refractivity (Wildman–Crippen MR) is 127 cm³/mol. The molecular formula is C20H44IN5O. The predicted octanol–water partition coefficient (Wildman–Crippen LogP) is 2.64. The van der Waals surface area contributed by atoms with Crippen LogP contribution in [0, 0.1) is 5.92 Å². The quantitative estimate of drug-likeness (QED) is 0.247. The average Bonchev–Trinajstić information content (AvgIpc) is 2.67. The molecule has 1 saturated heterocycles. The number of nitrogens with one attached hydrogen (secondary N) is 2. The molecule has 0 aromatic heterocycles. The zero-order chi connectivity index (χ0) is 19.2. The number of halogens is 1. The van der Waals surface area contributed by atoms with Crippen molar-refractivity contribution in [3.8, 4) is 0 Å². The lowest BCUT2D eigenvalue weighted by Crippen LogP contribution is -2.45. The van der Waals surface area contributed by atoms with Gasteiger partial charge in [0.1, 0.15) is 0 Å². The number of nitrogens with zero attached hydrogens (tertiary/aromatic N) is 3. The van der Waals surface area contributed by atoms with E-state index in [9.17, 15) is 0 Å². The Bertz CT molecular complexity index is 371. The molecular weight excluding hydrogens is 453 g/mol. The third kappa shape index (κ3) is 12.1. The van der Waals surface area contributed by atoms with Gasteiger partial charge in [0.25, 0.3) is 0 Å². The normalized spacial score (nSPS) is 17.6. The summed E-state index contributed by atoms with van der Waals surface area (Å²) in [7, 11) is 3.64. The van der Waals surface area contributed by atoms with Gasteiger partial charge in [0.15, 0.2) is 5.96 Å². The van der Waals surface area contributed by atoms with Crippen molar-refractivity contribution >= 4 is 29.9 Å². The molecule has 1 heterocycles. The first-order chi connectivity index (χ1) is 12.6. The van der Waals surface area contributed by atoms with Gasteiger partial charge in [0.2, 0.25) is 0 Å². The fourth-order valence-corrected chi connectivity index (χ4v) is 3.54. The monoisotopic (exact) mass is 497 g/mol. The van der Waals surface area contributed by atoms with Crippen LogP contribution in [-0.2, 0) is 4.74 Å². The van der Waals surface area contributed by atoms with Crippen LogP contribution in [0.1, 0.15) is 46.5 Å². The number of hydrogen-bond acceptors (Lipinski definition) is 4. The van der Waals surface area contributed by atoms with Crippen molar-refractivity contribution in [1.82, 2.24) is 20.4 Å². The third-order valence-electron chi connectivity index (χ3n) is 5.49. The Labute approximate surface area is 184 Å². The highest BCUT2D eigenvalue weighted by atomic mass is 127. The van der Waals surface area contributed by atoms with Crippen molar-refractivity contribution in [3.05, 3.63) is 0 Å². The third-order valence-corrected chi connectivity index (χ3v) is 5.49. The Morgan fingerprint density at radius 1 is 1.26 bits per heavy atom. The van der Waals surface area contributed by atoms with Crippen LogP contribution in [0.2, 0.25) is 0 Å². The first kappa shape index (κ1) is 26.9. The highest BCUT2D eigenvalue weighted by Gasteiger charge is 2.19. The Hall–Kier alpha value is -0.120. The fourth-order valence-electron chi connectivity index (χ4n) is 3.54. The first-order valence-electron chi connectivity index (χ1n) is 10.5. The first-order valence-corrected chi connectivity index (χ1v) is 10.5. The molecule has 1 fully saturated rings. The maximum atomic E-state index is 5.17.